The smallest absolute Gasteiger partial charge is 0.217 e. The van der Waals surface area contributed by atoms with Gasteiger partial charge in [0.25, 0.3) is 0 Å². The first kappa shape index (κ1) is 13.6. The van der Waals surface area contributed by atoms with E-state index in [2.05, 4.69) is 0 Å². The van der Waals surface area contributed by atoms with Gasteiger partial charge in [0.2, 0.25) is 5.78 Å². The number of ether oxygens (including phenoxy) is 1. The molecule has 0 atom stereocenters. The first-order chi connectivity index (χ1) is 8.51. The summed E-state index contributed by atoms with van der Waals surface area (Å²) in [5.74, 6) is 1.69. The summed E-state index contributed by atoms with van der Waals surface area (Å²) in [4.78, 5) is 12.5. The molecule has 0 saturated carbocycles. The minimum atomic E-state index is -0.387. The van der Waals surface area contributed by atoms with Crippen LogP contribution in [0.1, 0.15) is 24.2 Å². The van der Waals surface area contributed by atoms with Crippen molar-refractivity contribution in [1.82, 2.24) is 0 Å². The van der Waals surface area contributed by atoms with Gasteiger partial charge in [-0.3, -0.25) is 4.79 Å². The Morgan fingerprint density at radius 3 is 2.33 bits per heavy atom. The minimum Gasteiger partial charge on any atom is -0.372 e. The van der Waals surface area contributed by atoms with Gasteiger partial charge in [0.05, 0.1) is 13.2 Å². The Balaban J connectivity index is 2.17. The molecule has 98 valence electrons. The zero-order valence-electron chi connectivity index (χ0n) is 10.7. The molecule has 0 spiro atoms. The summed E-state index contributed by atoms with van der Waals surface area (Å²) in [5, 5.41) is 0. The van der Waals surface area contributed by atoms with Gasteiger partial charge in [-0.25, -0.2) is 4.39 Å². The van der Waals surface area contributed by atoms with E-state index in [9.17, 15) is 9.18 Å². The summed E-state index contributed by atoms with van der Waals surface area (Å²) < 4.78 is 17.8. The molecular weight excluding hydrogens is 251 g/mol. The van der Waals surface area contributed by atoms with Crippen LogP contribution in [0.4, 0.5) is 4.39 Å². The third-order valence-electron chi connectivity index (χ3n) is 3.32. The Morgan fingerprint density at radius 2 is 1.78 bits per heavy atom. The van der Waals surface area contributed by atoms with Crippen LogP contribution in [0.3, 0.4) is 0 Å². The fraction of sp³-hybridized carbons (Fsp3) is 0.500. The SMILES string of the molecule is CC(C)(C(=O)c1ccc(F)cc1)[S+]1CCOCC1. The summed E-state index contributed by atoms with van der Waals surface area (Å²) in [7, 11) is 0.0408. The lowest BCUT2D eigenvalue weighted by atomic mass is 10.0. The zero-order valence-corrected chi connectivity index (χ0v) is 11.6. The quantitative estimate of drug-likeness (QED) is 0.622. The van der Waals surface area contributed by atoms with Crippen molar-refractivity contribution in [2.45, 2.75) is 18.6 Å². The van der Waals surface area contributed by atoms with Gasteiger partial charge in [0, 0.05) is 16.5 Å². The number of rotatable bonds is 3. The molecule has 2 nitrogen and oxygen atoms in total. The zero-order chi connectivity index (χ0) is 13.2. The van der Waals surface area contributed by atoms with E-state index in [1.54, 1.807) is 12.1 Å². The molecule has 4 heteroatoms. The second-order valence-electron chi connectivity index (χ2n) is 4.86. The lowest BCUT2D eigenvalue weighted by Gasteiger charge is -2.27. The lowest BCUT2D eigenvalue weighted by Crippen LogP contribution is -2.47. The number of halogens is 1. The number of carbonyl (C=O) groups excluding carboxylic acids is 1. The van der Waals surface area contributed by atoms with Gasteiger partial charge in [0.1, 0.15) is 17.3 Å². The highest BCUT2D eigenvalue weighted by atomic mass is 32.2. The molecule has 0 bridgehead atoms. The van der Waals surface area contributed by atoms with Gasteiger partial charge in [-0.15, -0.1) is 0 Å². The van der Waals surface area contributed by atoms with Crippen LogP contribution in [0, 0.1) is 5.82 Å². The number of hydrogen-bond acceptors (Lipinski definition) is 2. The third kappa shape index (κ3) is 2.75. The van der Waals surface area contributed by atoms with Crippen molar-refractivity contribution in [1.29, 1.82) is 0 Å². The maximum atomic E-state index is 12.9. The average Bonchev–Trinajstić information content (AvgIpc) is 2.40. The molecule has 1 saturated heterocycles. The minimum absolute atomic E-state index is 0.0408. The summed E-state index contributed by atoms with van der Waals surface area (Å²) >= 11 is 0. The van der Waals surface area contributed by atoms with E-state index in [-0.39, 0.29) is 27.2 Å². The Hall–Kier alpha value is -0.870. The Morgan fingerprint density at radius 1 is 1.22 bits per heavy atom. The maximum absolute atomic E-state index is 12.9. The molecular formula is C14H18FO2S+. The summed E-state index contributed by atoms with van der Waals surface area (Å²) in [5.41, 5.74) is 0.598. The number of benzene rings is 1. The largest absolute Gasteiger partial charge is 0.372 e. The molecule has 0 N–H and O–H groups in total. The summed E-state index contributed by atoms with van der Waals surface area (Å²) in [6.07, 6.45) is 0. The maximum Gasteiger partial charge on any atom is 0.217 e. The van der Waals surface area contributed by atoms with E-state index in [1.807, 2.05) is 13.8 Å². The number of carbonyl (C=O) groups is 1. The predicted molar refractivity (Wildman–Crippen MR) is 72.7 cm³/mol. The van der Waals surface area contributed by atoms with E-state index in [0.29, 0.717) is 5.56 Å². The molecule has 1 aliphatic rings. The van der Waals surface area contributed by atoms with Gasteiger partial charge in [-0.05, 0) is 38.1 Å². The first-order valence-corrected chi connectivity index (χ1v) is 7.64. The van der Waals surface area contributed by atoms with Crippen molar-refractivity contribution >= 4 is 16.7 Å². The van der Waals surface area contributed by atoms with Crippen LogP contribution in [0.5, 0.6) is 0 Å². The Labute approximate surface area is 110 Å². The number of Topliss-reactive ketones (excluding diaryl/α,β-unsaturated/α-hetero) is 1. The Kier molecular flexibility index (Phi) is 4.07. The van der Waals surface area contributed by atoms with Crippen LogP contribution < -0.4 is 0 Å². The molecule has 1 aliphatic heterocycles. The average molecular weight is 269 g/mol. The van der Waals surface area contributed by atoms with Gasteiger partial charge in [0.15, 0.2) is 4.75 Å². The highest BCUT2D eigenvalue weighted by Gasteiger charge is 2.46. The van der Waals surface area contributed by atoms with Gasteiger partial charge in [-0.2, -0.15) is 0 Å². The molecule has 0 radical (unpaired) electrons. The third-order valence-corrected chi connectivity index (χ3v) is 6.27. The molecule has 0 amide bonds. The first-order valence-electron chi connectivity index (χ1n) is 6.07. The molecule has 18 heavy (non-hydrogen) atoms. The fourth-order valence-corrected chi connectivity index (χ4v) is 4.36. The van der Waals surface area contributed by atoms with Crippen molar-refractivity contribution in [2.24, 2.45) is 0 Å². The van der Waals surface area contributed by atoms with Crippen LogP contribution in [0.25, 0.3) is 0 Å². The highest BCUT2D eigenvalue weighted by Crippen LogP contribution is 2.27. The molecule has 2 rings (SSSR count). The topological polar surface area (TPSA) is 26.3 Å². The van der Waals surface area contributed by atoms with Gasteiger partial charge < -0.3 is 4.74 Å². The van der Waals surface area contributed by atoms with E-state index >= 15 is 0 Å². The molecule has 0 aromatic heterocycles. The molecule has 1 fully saturated rings. The fourth-order valence-electron chi connectivity index (χ4n) is 2.11. The van der Waals surface area contributed by atoms with Crippen molar-refractivity contribution in [3.05, 3.63) is 35.6 Å². The highest BCUT2D eigenvalue weighted by molar-refractivity contribution is 7.99. The van der Waals surface area contributed by atoms with Crippen LogP contribution >= 0.6 is 0 Å². The normalized spacial score (nSPS) is 17.7. The standard InChI is InChI=1S/C14H18FO2S/c1-14(2,18-9-7-17-8-10-18)13(16)11-3-5-12(15)6-4-11/h3-6H,7-10H2,1-2H3/q+1. The van der Waals surface area contributed by atoms with Crippen LogP contribution in [-0.4, -0.2) is 35.2 Å². The molecule has 1 aromatic rings. The monoisotopic (exact) mass is 269 g/mol. The molecule has 1 heterocycles. The number of hydrogen-bond donors (Lipinski definition) is 0. The van der Waals surface area contributed by atoms with Gasteiger partial charge in [-0.1, -0.05) is 0 Å². The van der Waals surface area contributed by atoms with Crippen LogP contribution in [0.15, 0.2) is 24.3 Å². The van der Waals surface area contributed by atoms with E-state index in [1.165, 1.54) is 12.1 Å². The lowest BCUT2D eigenvalue weighted by molar-refractivity contribution is 0.0954. The van der Waals surface area contributed by atoms with Crippen molar-refractivity contribution in [3.8, 4) is 0 Å². The second kappa shape index (κ2) is 5.41. The second-order valence-corrected chi connectivity index (χ2v) is 7.68. The predicted octanol–water partition coefficient (Wildman–Crippen LogP) is 2.44. The van der Waals surface area contributed by atoms with Gasteiger partial charge >= 0.3 is 0 Å². The summed E-state index contributed by atoms with van der Waals surface area (Å²) in [6.45, 7) is 5.47. The van der Waals surface area contributed by atoms with E-state index in [4.69, 9.17) is 4.74 Å². The summed E-state index contributed by atoms with van der Waals surface area (Å²) in [6, 6.07) is 5.83. The molecule has 1 aromatic carbocycles. The van der Waals surface area contributed by atoms with Crippen molar-refractivity contribution in [3.63, 3.8) is 0 Å². The molecule has 0 aliphatic carbocycles. The van der Waals surface area contributed by atoms with E-state index in [0.717, 1.165) is 24.7 Å². The Bertz CT molecular complexity index is 422. The van der Waals surface area contributed by atoms with Crippen molar-refractivity contribution < 1.29 is 13.9 Å². The number of ketones is 1. The van der Waals surface area contributed by atoms with Crippen LogP contribution in [-0.2, 0) is 15.6 Å². The van der Waals surface area contributed by atoms with Crippen molar-refractivity contribution in [2.75, 3.05) is 24.7 Å². The van der Waals surface area contributed by atoms with E-state index < -0.39 is 0 Å². The molecule has 0 unspecified atom stereocenters. The van der Waals surface area contributed by atoms with Crippen LogP contribution in [0.2, 0.25) is 0 Å².